The Bertz CT molecular complexity index is 698. The van der Waals surface area contributed by atoms with Gasteiger partial charge in [0.1, 0.15) is 5.52 Å². The van der Waals surface area contributed by atoms with Crippen molar-refractivity contribution in [1.82, 2.24) is 15.0 Å². The number of nitrogens with zero attached hydrogens (tertiary/aromatic N) is 3. The van der Waals surface area contributed by atoms with Crippen molar-refractivity contribution in [2.75, 3.05) is 0 Å². The van der Waals surface area contributed by atoms with Gasteiger partial charge in [0.15, 0.2) is 0 Å². The lowest BCUT2D eigenvalue weighted by molar-refractivity contribution is 0.478. The zero-order chi connectivity index (χ0) is 13.9. The molecular weight excluding hydrogens is 266 g/mol. The van der Waals surface area contributed by atoms with Crippen LogP contribution in [0.15, 0.2) is 36.4 Å². The fraction of sp³-hybridized carbons (Fsp3) is 0.375. The third-order valence-electron chi connectivity index (χ3n) is 3.59. The van der Waals surface area contributed by atoms with Crippen molar-refractivity contribution in [2.24, 2.45) is 0 Å². The minimum absolute atomic E-state index is 0.307. The minimum Gasteiger partial charge on any atom is -0.236 e. The molecule has 2 aromatic heterocycles. The molecule has 1 atom stereocenters. The second kappa shape index (κ2) is 5.75. The molecule has 3 nitrogen and oxygen atoms in total. The Balaban J connectivity index is 2.04. The second-order valence-electron chi connectivity index (χ2n) is 5.13. The van der Waals surface area contributed by atoms with E-state index in [0.717, 1.165) is 17.5 Å². The van der Waals surface area contributed by atoms with Crippen LogP contribution in [0.25, 0.3) is 11.0 Å². The van der Waals surface area contributed by atoms with Crippen molar-refractivity contribution in [2.45, 2.75) is 39.2 Å². The number of hydrogen-bond donors (Lipinski definition) is 0. The van der Waals surface area contributed by atoms with Gasteiger partial charge in [-0.3, -0.25) is 0 Å². The number of rotatable bonds is 5. The maximum absolute atomic E-state index is 4.41. The standard InChI is InChI=1S/C16H19N3S/c1-3-4-8-15(16-11-10-12(2)20-16)19-14-9-6-5-7-13(14)17-18-19/h5-7,9-11,15H,3-4,8H2,1-2H3. The van der Waals surface area contributed by atoms with Crippen LogP contribution in [0.5, 0.6) is 0 Å². The lowest BCUT2D eigenvalue weighted by Crippen LogP contribution is -2.11. The molecule has 3 rings (SSSR count). The number of benzene rings is 1. The number of para-hydroxylation sites is 1. The Morgan fingerprint density at radius 1 is 1.20 bits per heavy atom. The van der Waals surface area contributed by atoms with Gasteiger partial charge in [0, 0.05) is 9.75 Å². The maximum Gasteiger partial charge on any atom is 0.113 e. The molecular formula is C16H19N3S. The molecule has 0 aliphatic heterocycles. The first kappa shape index (κ1) is 13.3. The SMILES string of the molecule is CCCCC(c1ccc(C)s1)n1nnc2ccccc21. The summed E-state index contributed by atoms with van der Waals surface area (Å²) in [6.07, 6.45) is 3.52. The lowest BCUT2D eigenvalue weighted by Gasteiger charge is -2.16. The quantitative estimate of drug-likeness (QED) is 0.687. The molecule has 0 aliphatic carbocycles. The largest absolute Gasteiger partial charge is 0.236 e. The smallest absolute Gasteiger partial charge is 0.113 e. The summed E-state index contributed by atoms with van der Waals surface area (Å²) in [5, 5.41) is 8.71. The Kier molecular flexibility index (Phi) is 3.83. The predicted molar refractivity (Wildman–Crippen MR) is 84.2 cm³/mol. The van der Waals surface area contributed by atoms with Gasteiger partial charge in [0.05, 0.1) is 11.6 Å². The van der Waals surface area contributed by atoms with Crippen molar-refractivity contribution >= 4 is 22.4 Å². The van der Waals surface area contributed by atoms with E-state index in [4.69, 9.17) is 0 Å². The molecule has 0 N–H and O–H groups in total. The first-order valence-corrected chi connectivity index (χ1v) is 7.97. The monoisotopic (exact) mass is 285 g/mol. The summed E-state index contributed by atoms with van der Waals surface area (Å²) in [7, 11) is 0. The van der Waals surface area contributed by atoms with E-state index in [2.05, 4.69) is 53.1 Å². The molecule has 0 aliphatic rings. The molecule has 20 heavy (non-hydrogen) atoms. The number of unbranched alkanes of at least 4 members (excludes halogenated alkanes) is 1. The number of thiophene rings is 1. The second-order valence-corrected chi connectivity index (χ2v) is 6.45. The molecule has 4 heteroatoms. The van der Waals surface area contributed by atoms with Gasteiger partial charge in [-0.25, -0.2) is 4.68 Å². The number of aromatic nitrogens is 3. The number of fused-ring (bicyclic) bond motifs is 1. The summed E-state index contributed by atoms with van der Waals surface area (Å²) >= 11 is 1.86. The molecule has 0 bridgehead atoms. The molecule has 0 amide bonds. The van der Waals surface area contributed by atoms with E-state index in [1.807, 2.05) is 23.5 Å². The normalized spacial score (nSPS) is 12.9. The van der Waals surface area contributed by atoms with Crippen LogP contribution in [0.3, 0.4) is 0 Å². The molecule has 0 spiro atoms. The fourth-order valence-corrected chi connectivity index (χ4v) is 3.53. The van der Waals surface area contributed by atoms with Gasteiger partial charge < -0.3 is 0 Å². The topological polar surface area (TPSA) is 30.7 Å². The van der Waals surface area contributed by atoms with Crippen LogP contribution >= 0.6 is 11.3 Å². The molecule has 0 saturated carbocycles. The van der Waals surface area contributed by atoms with Crippen molar-refractivity contribution in [3.05, 3.63) is 46.2 Å². The van der Waals surface area contributed by atoms with E-state index in [-0.39, 0.29) is 0 Å². The Morgan fingerprint density at radius 3 is 2.80 bits per heavy atom. The fourth-order valence-electron chi connectivity index (χ4n) is 2.53. The van der Waals surface area contributed by atoms with E-state index in [1.165, 1.54) is 22.6 Å². The van der Waals surface area contributed by atoms with E-state index in [1.54, 1.807) is 0 Å². The van der Waals surface area contributed by atoms with Gasteiger partial charge in [-0.1, -0.05) is 37.1 Å². The van der Waals surface area contributed by atoms with Crippen LogP contribution in [-0.2, 0) is 0 Å². The Labute approximate surface area is 123 Å². The average Bonchev–Trinajstić information content (AvgIpc) is 3.07. The van der Waals surface area contributed by atoms with Gasteiger partial charge in [-0.15, -0.1) is 16.4 Å². The molecule has 2 heterocycles. The van der Waals surface area contributed by atoms with Crippen LogP contribution in [0, 0.1) is 6.92 Å². The van der Waals surface area contributed by atoms with Crippen molar-refractivity contribution in [3.63, 3.8) is 0 Å². The molecule has 0 saturated heterocycles. The molecule has 0 fully saturated rings. The summed E-state index contributed by atoms with van der Waals surface area (Å²) in [4.78, 5) is 2.73. The van der Waals surface area contributed by atoms with E-state index in [9.17, 15) is 0 Å². The van der Waals surface area contributed by atoms with E-state index >= 15 is 0 Å². The van der Waals surface area contributed by atoms with Gasteiger partial charge in [-0.2, -0.15) is 0 Å². The summed E-state index contributed by atoms with van der Waals surface area (Å²) < 4.78 is 2.09. The van der Waals surface area contributed by atoms with Gasteiger partial charge in [-0.05, 0) is 37.6 Å². The third-order valence-corrected chi connectivity index (χ3v) is 4.70. The number of hydrogen-bond acceptors (Lipinski definition) is 3. The first-order valence-electron chi connectivity index (χ1n) is 7.16. The van der Waals surface area contributed by atoms with Crippen LogP contribution in [0.2, 0.25) is 0 Å². The third kappa shape index (κ3) is 2.48. The summed E-state index contributed by atoms with van der Waals surface area (Å²) in [5.74, 6) is 0. The van der Waals surface area contributed by atoms with Crippen LogP contribution in [0.1, 0.15) is 42.0 Å². The molecule has 3 aromatic rings. The summed E-state index contributed by atoms with van der Waals surface area (Å²) in [6, 6.07) is 12.9. The van der Waals surface area contributed by atoms with Crippen LogP contribution in [-0.4, -0.2) is 15.0 Å². The van der Waals surface area contributed by atoms with Gasteiger partial charge in [0.25, 0.3) is 0 Å². The molecule has 0 radical (unpaired) electrons. The average molecular weight is 285 g/mol. The molecule has 1 unspecified atom stereocenters. The van der Waals surface area contributed by atoms with E-state index < -0.39 is 0 Å². The zero-order valence-corrected chi connectivity index (χ0v) is 12.7. The van der Waals surface area contributed by atoms with Crippen molar-refractivity contribution in [3.8, 4) is 0 Å². The highest BCUT2D eigenvalue weighted by Crippen LogP contribution is 2.31. The van der Waals surface area contributed by atoms with Gasteiger partial charge >= 0.3 is 0 Å². The highest BCUT2D eigenvalue weighted by atomic mass is 32.1. The van der Waals surface area contributed by atoms with Crippen LogP contribution < -0.4 is 0 Å². The maximum atomic E-state index is 4.41. The first-order chi connectivity index (χ1) is 9.79. The van der Waals surface area contributed by atoms with Crippen molar-refractivity contribution < 1.29 is 0 Å². The summed E-state index contributed by atoms with van der Waals surface area (Å²) in [5.41, 5.74) is 2.10. The predicted octanol–water partition coefficient (Wildman–Crippen LogP) is 4.58. The Hall–Kier alpha value is -1.68. The van der Waals surface area contributed by atoms with Crippen LogP contribution in [0.4, 0.5) is 0 Å². The molecule has 104 valence electrons. The van der Waals surface area contributed by atoms with Gasteiger partial charge in [0.2, 0.25) is 0 Å². The number of aryl methyl sites for hydroxylation is 1. The van der Waals surface area contributed by atoms with E-state index in [0.29, 0.717) is 6.04 Å². The lowest BCUT2D eigenvalue weighted by atomic mass is 10.1. The minimum atomic E-state index is 0.307. The zero-order valence-electron chi connectivity index (χ0n) is 11.9. The summed E-state index contributed by atoms with van der Waals surface area (Å²) in [6.45, 7) is 4.39. The highest BCUT2D eigenvalue weighted by Gasteiger charge is 2.18. The molecule has 1 aromatic carbocycles. The van der Waals surface area contributed by atoms with Crippen molar-refractivity contribution in [1.29, 1.82) is 0 Å². The Morgan fingerprint density at radius 2 is 2.05 bits per heavy atom. The highest BCUT2D eigenvalue weighted by molar-refractivity contribution is 7.12.